The first kappa shape index (κ1) is 18.5. The Hall–Kier alpha value is -2.52. The molecule has 1 saturated carbocycles. The molecule has 1 spiro atoms. The third kappa shape index (κ3) is 3.49. The lowest BCUT2D eigenvalue weighted by molar-refractivity contribution is -0.0859. The molecule has 2 aromatic heterocycles. The van der Waals surface area contributed by atoms with Gasteiger partial charge in [0.25, 0.3) is 0 Å². The van der Waals surface area contributed by atoms with Gasteiger partial charge in [0.15, 0.2) is 5.82 Å². The molecule has 0 radical (unpaired) electrons. The average Bonchev–Trinajstić information content (AvgIpc) is 3.47. The van der Waals surface area contributed by atoms with Crippen LogP contribution in [0.2, 0.25) is 0 Å². The predicted octanol–water partition coefficient (Wildman–Crippen LogP) is 0.394. The van der Waals surface area contributed by atoms with E-state index in [9.17, 15) is 9.59 Å². The SMILES string of the molecule is COc1ncccc1CN1CC[C@]2(C1)Cn1c(nn(CC3CC3)c(=O)c1=O)CO2. The summed E-state index contributed by atoms with van der Waals surface area (Å²) in [4.78, 5) is 31.7. The van der Waals surface area contributed by atoms with Crippen molar-refractivity contribution in [1.29, 1.82) is 0 Å². The van der Waals surface area contributed by atoms with Gasteiger partial charge in [-0.3, -0.25) is 19.1 Å². The molecule has 9 heteroatoms. The smallest absolute Gasteiger partial charge is 0.332 e. The number of hydrogen-bond acceptors (Lipinski definition) is 7. The van der Waals surface area contributed by atoms with Crippen molar-refractivity contribution in [2.24, 2.45) is 5.92 Å². The standard InChI is InChI=1S/C20H25N5O4/c1-28-17-15(3-2-7-21-17)10-23-8-6-20(12-23)13-24-16(11-29-20)22-25(9-14-4-5-14)19(27)18(24)26/h2-3,7,14H,4-6,8-13H2,1H3/t20-/m0/s1. The van der Waals surface area contributed by atoms with Crippen molar-refractivity contribution in [2.45, 2.75) is 51.1 Å². The van der Waals surface area contributed by atoms with Gasteiger partial charge in [-0.1, -0.05) is 6.07 Å². The quantitative estimate of drug-likeness (QED) is 0.672. The zero-order valence-corrected chi connectivity index (χ0v) is 16.5. The number of likely N-dealkylation sites (tertiary alicyclic amines) is 1. The van der Waals surface area contributed by atoms with Gasteiger partial charge in [0.05, 0.1) is 13.7 Å². The van der Waals surface area contributed by atoms with E-state index in [1.165, 1.54) is 9.25 Å². The van der Waals surface area contributed by atoms with Crippen molar-refractivity contribution >= 4 is 0 Å². The molecular weight excluding hydrogens is 374 g/mol. The molecule has 2 fully saturated rings. The zero-order valence-electron chi connectivity index (χ0n) is 16.5. The van der Waals surface area contributed by atoms with Gasteiger partial charge in [0.1, 0.15) is 12.2 Å². The van der Waals surface area contributed by atoms with Crippen LogP contribution in [0.15, 0.2) is 27.9 Å². The number of hydrogen-bond donors (Lipinski definition) is 0. The minimum atomic E-state index is -0.521. The van der Waals surface area contributed by atoms with Crippen molar-refractivity contribution in [3.05, 3.63) is 50.4 Å². The van der Waals surface area contributed by atoms with Crippen LogP contribution >= 0.6 is 0 Å². The third-order valence-corrected chi connectivity index (χ3v) is 6.12. The molecule has 1 aliphatic carbocycles. The number of ether oxygens (including phenoxy) is 2. The molecule has 2 aliphatic heterocycles. The van der Waals surface area contributed by atoms with E-state index in [1.807, 2.05) is 12.1 Å². The molecule has 0 N–H and O–H groups in total. The van der Waals surface area contributed by atoms with E-state index in [0.29, 0.717) is 43.8 Å². The molecule has 29 heavy (non-hydrogen) atoms. The number of pyridine rings is 1. The van der Waals surface area contributed by atoms with Crippen LogP contribution in [0.4, 0.5) is 0 Å². The fourth-order valence-corrected chi connectivity index (χ4v) is 4.35. The Morgan fingerprint density at radius 2 is 2.14 bits per heavy atom. The summed E-state index contributed by atoms with van der Waals surface area (Å²) < 4.78 is 14.4. The summed E-state index contributed by atoms with van der Waals surface area (Å²) in [5.41, 5.74) is -0.452. The highest BCUT2D eigenvalue weighted by Gasteiger charge is 2.43. The summed E-state index contributed by atoms with van der Waals surface area (Å²) in [6.45, 7) is 3.38. The van der Waals surface area contributed by atoms with Crippen molar-refractivity contribution < 1.29 is 9.47 Å². The van der Waals surface area contributed by atoms with E-state index in [4.69, 9.17) is 9.47 Å². The molecule has 3 aliphatic rings. The lowest BCUT2D eigenvalue weighted by atomic mass is 10.0. The van der Waals surface area contributed by atoms with Crippen LogP contribution in [-0.2, 0) is 31.0 Å². The Morgan fingerprint density at radius 1 is 1.28 bits per heavy atom. The summed E-state index contributed by atoms with van der Waals surface area (Å²) in [7, 11) is 1.62. The first-order valence-electron chi connectivity index (χ1n) is 10.1. The first-order valence-corrected chi connectivity index (χ1v) is 10.1. The van der Waals surface area contributed by atoms with Crippen molar-refractivity contribution in [3.8, 4) is 5.88 Å². The largest absolute Gasteiger partial charge is 0.481 e. The maximum atomic E-state index is 12.7. The maximum Gasteiger partial charge on any atom is 0.332 e. The number of nitrogens with zero attached hydrogens (tertiary/aromatic N) is 5. The Kier molecular flexibility index (Phi) is 4.51. The third-order valence-electron chi connectivity index (χ3n) is 6.12. The van der Waals surface area contributed by atoms with E-state index in [1.54, 1.807) is 13.3 Å². The van der Waals surface area contributed by atoms with Gasteiger partial charge >= 0.3 is 11.1 Å². The van der Waals surface area contributed by atoms with Crippen LogP contribution in [0.1, 0.15) is 30.7 Å². The highest BCUT2D eigenvalue weighted by molar-refractivity contribution is 5.25. The van der Waals surface area contributed by atoms with Crippen molar-refractivity contribution in [3.63, 3.8) is 0 Å². The van der Waals surface area contributed by atoms with E-state index < -0.39 is 16.7 Å². The Labute approximate surface area is 167 Å². The van der Waals surface area contributed by atoms with Gasteiger partial charge < -0.3 is 9.47 Å². The fraction of sp³-hybridized carbons (Fsp3) is 0.600. The highest BCUT2D eigenvalue weighted by atomic mass is 16.5. The average molecular weight is 399 g/mol. The maximum absolute atomic E-state index is 12.7. The molecule has 1 atom stereocenters. The zero-order chi connectivity index (χ0) is 20.0. The van der Waals surface area contributed by atoms with Crippen molar-refractivity contribution in [2.75, 3.05) is 20.2 Å². The van der Waals surface area contributed by atoms with Crippen LogP contribution in [0.25, 0.3) is 0 Å². The molecule has 0 amide bonds. The lowest BCUT2D eigenvalue weighted by Gasteiger charge is -2.35. The van der Waals surface area contributed by atoms with Crippen LogP contribution in [0.5, 0.6) is 5.88 Å². The summed E-state index contributed by atoms with van der Waals surface area (Å²) in [5.74, 6) is 1.65. The fourth-order valence-electron chi connectivity index (χ4n) is 4.35. The molecule has 1 saturated heterocycles. The molecule has 2 aromatic rings. The molecule has 154 valence electrons. The number of rotatable bonds is 5. The van der Waals surface area contributed by atoms with Gasteiger partial charge in [-0.05, 0) is 31.2 Å². The Bertz CT molecular complexity index is 1040. The van der Waals surface area contributed by atoms with Crippen LogP contribution in [-0.4, -0.2) is 50.0 Å². The number of aromatic nitrogens is 4. The monoisotopic (exact) mass is 399 g/mol. The van der Waals surface area contributed by atoms with E-state index in [0.717, 1.165) is 31.4 Å². The van der Waals surface area contributed by atoms with Crippen LogP contribution < -0.4 is 15.9 Å². The predicted molar refractivity (Wildman–Crippen MR) is 104 cm³/mol. The van der Waals surface area contributed by atoms with Crippen molar-refractivity contribution in [1.82, 2.24) is 24.2 Å². The van der Waals surface area contributed by atoms with Crippen LogP contribution in [0.3, 0.4) is 0 Å². The van der Waals surface area contributed by atoms with Gasteiger partial charge in [-0.15, -0.1) is 0 Å². The summed E-state index contributed by atoms with van der Waals surface area (Å²) in [6.07, 6.45) is 4.71. The Morgan fingerprint density at radius 3 is 2.93 bits per heavy atom. The minimum absolute atomic E-state index is 0.254. The summed E-state index contributed by atoms with van der Waals surface area (Å²) >= 11 is 0. The van der Waals surface area contributed by atoms with Gasteiger partial charge in [0, 0.05) is 37.9 Å². The second kappa shape index (κ2) is 7.07. The van der Waals surface area contributed by atoms with Gasteiger partial charge in [-0.25, -0.2) is 9.67 Å². The second-order valence-corrected chi connectivity index (χ2v) is 8.34. The second-order valence-electron chi connectivity index (χ2n) is 8.34. The molecule has 0 unspecified atom stereocenters. The highest BCUT2D eigenvalue weighted by Crippen LogP contribution is 2.33. The van der Waals surface area contributed by atoms with E-state index in [-0.39, 0.29) is 6.61 Å². The molecule has 5 rings (SSSR count). The molecule has 0 aromatic carbocycles. The Balaban J connectivity index is 1.34. The number of fused-ring (bicyclic) bond motifs is 1. The van der Waals surface area contributed by atoms with Gasteiger partial charge in [0.2, 0.25) is 5.88 Å². The molecule has 4 heterocycles. The van der Waals surface area contributed by atoms with E-state index in [2.05, 4.69) is 15.0 Å². The molecule has 0 bridgehead atoms. The number of methoxy groups -OCH3 is 1. The van der Waals surface area contributed by atoms with E-state index >= 15 is 0 Å². The molecule has 9 nitrogen and oxygen atoms in total. The summed E-state index contributed by atoms with van der Waals surface area (Å²) in [5, 5.41) is 4.42. The minimum Gasteiger partial charge on any atom is -0.481 e. The first-order chi connectivity index (χ1) is 14.1. The molecular formula is C20H25N5O4. The van der Waals surface area contributed by atoms with Gasteiger partial charge in [-0.2, -0.15) is 5.10 Å². The lowest BCUT2D eigenvalue weighted by Crippen LogP contribution is -2.53. The topological polar surface area (TPSA) is 91.5 Å². The normalized spacial score (nSPS) is 24.0. The van der Waals surface area contributed by atoms with Crippen LogP contribution in [0, 0.1) is 5.92 Å². The summed E-state index contributed by atoms with van der Waals surface area (Å²) in [6, 6.07) is 3.90.